The first-order valence-electron chi connectivity index (χ1n) is 11.9. The number of benzene rings is 1. The van der Waals surface area contributed by atoms with Crippen LogP contribution in [0.5, 0.6) is 0 Å². The number of nitrogens with zero attached hydrogens (tertiary/aromatic N) is 4. The van der Waals surface area contributed by atoms with E-state index in [1.807, 2.05) is 0 Å². The van der Waals surface area contributed by atoms with Crippen LogP contribution in [0.3, 0.4) is 0 Å². The van der Waals surface area contributed by atoms with E-state index in [0.717, 1.165) is 42.6 Å². The van der Waals surface area contributed by atoms with Gasteiger partial charge in [0.15, 0.2) is 11.2 Å². The van der Waals surface area contributed by atoms with E-state index in [0.29, 0.717) is 29.5 Å². The summed E-state index contributed by atoms with van der Waals surface area (Å²) in [4.78, 5) is 32.5. The van der Waals surface area contributed by atoms with Gasteiger partial charge in [-0.1, -0.05) is 17.3 Å². The maximum Gasteiger partial charge on any atom is 0.281 e. The third-order valence-corrected chi connectivity index (χ3v) is 8.53. The van der Waals surface area contributed by atoms with Gasteiger partial charge in [0.1, 0.15) is 11.6 Å². The number of aromatic amines is 1. The molecule has 1 aromatic carbocycles. The van der Waals surface area contributed by atoms with Crippen molar-refractivity contribution in [2.45, 2.75) is 56.4 Å². The zero-order chi connectivity index (χ0) is 23.3. The standard InChI is InChI=1S/C24H27FN6O2S/c25-18-3-1-14(2-4-18)11-31-22-21(29-30-31)23(33)27-19(26-22)12-34-13-20(32)28-24-8-15-5-16(9-24)7-17(6-15)10-24/h1-4,15-17H,5-13H2,(H,28,32)(H,26,27,33). The maximum atomic E-state index is 13.2. The van der Waals surface area contributed by atoms with Gasteiger partial charge in [0.05, 0.1) is 18.1 Å². The zero-order valence-corrected chi connectivity index (χ0v) is 19.6. The number of amides is 1. The predicted molar refractivity (Wildman–Crippen MR) is 127 cm³/mol. The topological polar surface area (TPSA) is 106 Å². The van der Waals surface area contributed by atoms with Gasteiger partial charge in [-0.3, -0.25) is 9.59 Å². The normalized spacial score (nSPS) is 27.4. The Balaban J connectivity index is 1.10. The molecule has 4 aliphatic carbocycles. The number of carbonyl (C=O) groups excluding carboxylic acids is 1. The molecule has 0 atom stereocenters. The van der Waals surface area contributed by atoms with Gasteiger partial charge in [0.25, 0.3) is 5.56 Å². The molecule has 3 aromatic rings. The second-order valence-electron chi connectivity index (χ2n) is 10.3. The summed E-state index contributed by atoms with van der Waals surface area (Å²) in [5.74, 6) is 3.33. The van der Waals surface area contributed by atoms with Gasteiger partial charge >= 0.3 is 0 Å². The number of nitrogens with one attached hydrogen (secondary N) is 2. The zero-order valence-electron chi connectivity index (χ0n) is 18.8. The Kier molecular flexibility index (Phi) is 5.43. The summed E-state index contributed by atoms with van der Waals surface area (Å²) in [5, 5.41) is 11.4. The molecule has 34 heavy (non-hydrogen) atoms. The first-order valence-corrected chi connectivity index (χ1v) is 13.1. The Bertz CT molecular complexity index is 1250. The van der Waals surface area contributed by atoms with Crippen LogP contribution < -0.4 is 10.9 Å². The summed E-state index contributed by atoms with van der Waals surface area (Å²) in [5.41, 5.74) is 1.02. The molecule has 1 amide bonds. The quantitative estimate of drug-likeness (QED) is 0.536. The van der Waals surface area contributed by atoms with Gasteiger partial charge in [-0.25, -0.2) is 14.1 Å². The molecule has 0 saturated heterocycles. The minimum atomic E-state index is -0.357. The molecule has 10 heteroatoms. The number of hydrogen-bond donors (Lipinski definition) is 2. The van der Waals surface area contributed by atoms with Crippen molar-refractivity contribution in [3.63, 3.8) is 0 Å². The van der Waals surface area contributed by atoms with Gasteiger partial charge in [-0.05, 0) is 74.0 Å². The first-order chi connectivity index (χ1) is 16.4. The van der Waals surface area contributed by atoms with Crippen LogP contribution in [0, 0.1) is 23.6 Å². The molecule has 4 aliphatic rings. The number of fused-ring (bicyclic) bond motifs is 1. The van der Waals surface area contributed by atoms with E-state index in [9.17, 15) is 14.0 Å². The molecule has 0 aliphatic heterocycles. The molecule has 2 aromatic heterocycles. The van der Waals surface area contributed by atoms with Crippen molar-refractivity contribution in [2.75, 3.05) is 5.75 Å². The lowest BCUT2D eigenvalue weighted by atomic mass is 9.53. The predicted octanol–water partition coefficient (Wildman–Crippen LogP) is 3.02. The summed E-state index contributed by atoms with van der Waals surface area (Å²) in [6.45, 7) is 0.327. The monoisotopic (exact) mass is 482 g/mol. The van der Waals surface area contributed by atoms with Crippen molar-refractivity contribution in [1.82, 2.24) is 30.3 Å². The number of thioether (sulfide) groups is 1. The van der Waals surface area contributed by atoms with Gasteiger partial charge in [0.2, 0.25) is 5.91 Å². The van der Waals surface area contributed by atoms with E-state index in [4.69, 9.17) is 0 Å². The van der Waals surface area contributed by atoms with Crippen molar-refractivity contribution in [3.05, 3.63) is 51.8 Å². The largest absolute Gasteiger partial charge is 0.350 e. The Labute approximate surface area is 200 Å². The second kappa shape index (κ2) is 8.48. The van der Waals surface area contributed by atoms with Gasteiger partial charge in [0, 0.05) is 5.54 Å². The maximum absolute atomic E-state index is 13.2. The van der Waals surface area contributed by atoms with Crippen molar-refractivity contribution in [1.29, 1.82) is 0 Å². The summed E-state index contributed by atoms with van der Waals surface area (Å²) < 4.78 is 14.7. The van der Waals surface area contributed by atoms with E-state index in [1.54, 1.807) is 12.1 Å². The fourth-order valence-corrected chi connectivity index (χ4v) is 7.37. The summed E-state index contributed by atoms with van der Waals surface area (Å²) >= 11 is 1.44. The number of H-pyrrole nitrogens is 1. The van der Waals surface area contributed by atoms with Crippen LogP contribution in [-0.2, 0) is 17.1 Å². The van der Waals surface area contributed by atoms with Crippen molar-refractivity contribution < 1.29 is 9.18 Å². The first kappa shape index (κ1) is 21.8. The van der Waals surface area contributed by atoms with Crippen molar-refractivity contribution in [3.8, 4) is 0 Å². The average Bonchev–Trinajstić information content (AvgIpc) is 3.17. The molecular formula is C24H27FN6O2S. The molecule has 7 rings (SSSR count). The molecular weight excluding hydrogens is 455 g/mol. The SMILES string of the molecule is O=C(CSCc1nc2c(nnn2Cc2ccc(F)cc2)c(=O)[nH]1)NC12CC3CC(CC(C3)C1)C2. The lowest BCUT2D eigenvalue weighted by molar-refractivity contribution is -0.124. The molecule has 2 N–H and O–H groups in total. The molecule has 0 unspecified atom stereocenters. The van der Waals surface area contributed by atoms with Gasteiger partial charge in [-0.2, -0.15) is 0 Å². The third kappa shape index (κ3) is 4.23. The Morgan fingerprint density at radius 1 is 1.15 bits per heavy atom. The minimum absolute atomic E-state index is 0.0103. The number of carbonyl (C=O) groups is 1. The number of halogens is 1. The Morgan fingerprint density at radius 2 is 1.82 bits per heavy atom. The smallest absolute Gasteiger partial charge is 0.281 e. The minimum Gasteiger partial charge on any atom is -0.350 e. The Morgan fingerprint density at radius 3 is 2.50 bits per heavy atom. The van der Waals surface area contributed by atoms with E-state index in [1.165, 1.54) is 47.8 Å². The molecule has 4 saturated carbocycles. The van der Waals surface area contributed by atoms with E-state index in [-0.39, 0.29) is 28.3 Å². The molecule has 178 valence electrons. The molecule has 0 spiro atoms. The van der Waals surface area contributed by atoms with E-state index in [2.05, 4.69) is 25.6 Å². The van der Waals surface area contributed by atoms with Crippen LogP contribution in [-0.4, -0.2) is 42.2 Å². The highest BCUT2D eigenvalue weighted by atomic mass is 32.2. The highest BCUT2D eigenvalue weighted by molar-refractivity contribution is 7.99. The summed E-state index contributed by atoms with van der Waals surface area (Å²) in [6, 6.07) is 6.08. The summed E-state index contributed by atoms with van der Waals surface area (Å²) in [6.07, 6.45) is 7.43. The van der Waals surface area contributed by atoms with E-state index < -0.39 is 0 Å². The van der Waals surface area contributed by atoms with Gasteiger partial charge < -0.3 is 10.3 Å². The van der Waals surface area contributed by atoms with E-state index >= 15 is 0 Å². The fraction of sp³-hybridized carbons (Fsp3) is 0.542. The fourth-order valence-electron chi connectivity index (χ4n) is 6.69. The molecule has 4 fully saturated rings. The van der Waals surface area contributed by atoms with Crippen molar-refractivity contribution in [2.24, 2.45) is 17.8 Å². The second-order valence-corrected chi connectivity index (χ2v) is 11.3. The number of aromatic nitrogens is 5. The molecule has 0 radical (unpaired) electrons. The van der Waals surface area contributed by atoms with Crippen LogP contribution in [0.4, 0.5) is 4.39 Å². The third-order valence-electron chi connectivity index (χ3n) is 7.58. The lowest BCUT2D eigenvalue weighted by Gasteiger charge is -2.56. The van der Waals surface area contributed by atoms with Crippen LogP contribution in [0.25, 0.3) is 11.2 Å². The van der Waals surface area contributed by atoms with Crippen LogP contribution in [0.15, 0.2) is 29.1 Å². The van der Waals surface area contributed by atoms with Crippen LogP contribution in [0.1, 0.15) is 49.9 Å². The molecule has 4 bridgehead atoms. The van der Waals surface area contributed by atoms with Gasteiger partial charge in [-0.15, -0.1) is 16.9 Å². The average molecular weight is 483 g/mol. The highest BCUT2D eigenvalue weighted by Crippen LogP contribution is 2.55. The van der Waals surface area contributed by atoms with Crippen LogP contribution in [0.2, 0.25) is 0 Å². The molecule has 2 heterocycles. The summed E-state index contributed by atoms with van der Waals surface area (Å²) in [7, 11) is 0. The van der Waals surface area contributed by atoms with Crippen LogP contribution >= 0.6 is 11.8 Å². The number of hydrogen-bond acceptors (Lipinski definition) is 6. The lowest BCUT2D eigenvalue weighted by Crippen LogP contribution is -2.60. The highest BCUT2D eigenvalue weighted by Gasteiger charge is 2.51. The Hall–Kier alpha value is -2.75. The molecule has 8 nitrogen and oxygen atoms in total. The van der Waals surface area contributed by atoms with Crippen molar-refractivity contribution >= 4 is 28.8 Å². The number of rotatable bonds is 7.